The van der Waals surface area contributed by atoms with Gasteiger partial charge < -0.3 is 19.5 Å². The minimum Gasteiger partial charge on any atom is -0.493 e. The van der Waals surface area contributed by atoms with Gasteiger partial charge in [-0.25, -0.2) is 4.79 Å². The van der Waals surface area contributed by atoms with Gasteiger partial charge in [0.15, 0.2) is 0 Å². The first kappa shape index (κ1) is 15.3. The van der Waals surface area contributed by atoms with Gasteiger partial charge in [-0.2, -0.15) is 0 Å². The van der Waals surface area contributed by atoms with Crippen LogP contribution in [0.5, 0.6) is 5.75 Å². The molecule has 1 aliphatic rings. The summed E-state index contributed by atoms with van der Waals surface area (Å²) in [4.78, 5) is 25.5. The van der Waals surface area contributed by atoms with Crippen LogP contribution < -0.4 is 4.74 Å². The van der Waals surface area contributed by atoms with Crippen molar-refractivity contribution >= 4 is 11.9 Å². The van der Waals surface area contributed by atoms with Crippen LogP contribution in [0.4, 0.5) is 0 Å². The average Bonchev–Trinajstić information content (AvgIpc) is 2.49. The van der Waals surface area contributed by atoms with Crippen LogP contribution in [0.25, 0.3) is 0 Å². The third-order valence-electron chi connectivity index (χ3n) is 3.45. The van der Waals surface area contributed by atoms with Gasteiger partial charge in [0, 0.05) is 24.2 Å². The molecule has 1 fully saturated rings. The molecular weight excluding hydrogens is 274 g/mol. The van der Waals surface area contributed by atoms with Crippen LogP contribution in [0.15, 0.2) is 12.1 Å². The maximum absolute atomic E-state index is 12.5. The summed E-state index contributed by atoms with van der Waals surface area (Å²) in [6.45, 7) is 5.97. The topological polar surface area (TPSA) is 76.1 Å². The predicted octanol–water partition coefficient (Wildman–Crippen LogP) is 1.56. The molecule has 1 aromatic rings. The molecule has 1 N–H and O–H groups in total. The van der Waals surface area contributed by atoms with Crippen molar-refractivity contribution < 1.29 is 24.2 Å². The van der Waals surface area contributed by atoms with E-state index in [0.717, 1.165) is 0 Å². The monoisotopic (exact) mass is 293 g/mol. The standard InChI is InChI=1S/C15H19NO5/c1-3-21-13-10(2)11(4-5-12(13)15(18)19)14(17)16-6-8-20-9-7-16/h4-5H,3,6-9H2,1-2H3,(H,18,19). The molecule has 1 aromatic carbocycles. The first-order chi connectivity index (χ1) is 10.1. The van der Waals surface area contributed by atoms with E-state index in [-0.39, 0.29) is 17.2 Å². The summed E-state index contributed by atoms with van der Waals surface area (Å²) in [6, 6.07) is 2.98. The fourth-order valence-electron chi connectivity index (χ4n) is 2.36. The molecule has 6 nitrogen and oxygen atoms in total. The molecule has 1 aliphatic heterocycles. The minimum absolute atomic E-state index is 0.0767. The SMILES string of the molecule is CCOc1c(C(=O)O)ccc(C(=O)N2CCOCC2)c1C. The number of hydrogen-bond donors (Lipinski definition) is 1. The molecule has 0 saturated carbocycles. The molecule has 0 radical (unpaired) electrons. The highest BCUT2D eigenvalue weighted by Gasteiger charge is 2.24. The van der Waals surface area contributed by atoms with Gasteiger partial charge in [0.2, 0.25) is 0 Å². The van der Waals surface area contributed by atoms with Crippen LogP contribution in [-0.2, 0) is 4.74 Å². The smallest absolute Gasteiger partial charge is 0.339 e. The lowest BCUT2D eigenvalue weighted by atomic mass is 10.0. The summed E-state index contributed by atoms with van der Waals surface area (Å²) in [7, 11) is 0. The Balaban J connectivity index is 2.37. The van der Waals surface area contributed by atoms with Crippen molar-refractivity contribution in [2.45, 2.75) is 13.8 Å². The molecule has 114 valence electrons. The van der Waals surface area contributed by atoms with Crippen LogP contribution in [0, 0.1) is 6.92 Å². The van der Waals surface area contributed by atoms with E-state index >= 15 is 0 Å². The molecule has 0 unspecified atom stereocenters. The first-order valence-corrected chi connectivity index (χ1v) is 6.93. The molecule has 0 bridgehead atoms. The number of carbonyl (C=O) groups is 2. The Hall–Kier alpha value is -2.08. The fourth-order valence-corrected chi connectivity index (χ4v) is 2.36. The Morgan fingerprint density at radius 3 is 2.48 bits per heavy atom. The van der Waals surface area contributed by atoms with E-state index in [1.54, 1.807) is 24.8 Å². The van der Waals surface area contributed by atoms with Gasteiger partial charge in [0.1, 0.15) is 11.3 Å². The predicted molar refractivity (Wildman–Crippen MR) is 76.0 cm³/mol. The lowest BCUT2D eigenvalue weighted by Gasteiger charge is -2.27. The molecule has 0 aromatic heterocycles. The summed E-state index contributed by atoms with van der Waals surface area (Å²) in [5, 5.41) is 9.20. The number of carboxylic acids is 1. The number of hydrogen-bond acceptors (Lipinski definition) is 4. The molecule has 6 heteroatoms. The molecule has 1 amide bonds. The summed E-state index contributed by atoms with van der Waals surface area (Å²) in [6.07, 6.45) is 0. The van der Waals surface area contributed by atoms with Crippen molar-refractivity contribution in [2.24, 2.45) is 0 Å². The highest BCUT2D eigenvalue weighted by molar-refractivity contribution is 5.99. The second-order valence-electron chi connectivity index (χ2n) is 4.76. The van der Waals surface area contributed by atoms with Gasteiger partial charge in [-0.3, -0.25) is 4.79 Å². The van der Waals surface area contributed by atoms with Crippen molar-refractivity contribution in [3.63, 3.8) is 0 Å². The Morgan fingerprint density at radius 2 is 1.90 bits per heavy atom. The number of nitrogens with zero attached hydrogens (tertiary/aromatic N) is 1. The molecule has 0 atom stereocenters. The zero-order chi connectivity index (χ0) is 15.4. The zero-order valence-electron chi connectivity index (χ0n) is 12.2. The number of carboxylic acid groups (broad SMARTS) is 1. The molecular formula is C15H19NO5. The van der Waals surface area contributed by atoms with Crippen molar-refractivity contribution in [1.82, 2.24) is 4.90 Å². The number of rotatable bonds is 4. The maximum Gasteiger partial charge on any atom is 0.339 e. The average molecular weight is 293 g/mol. The van der Waals surface area contributed by atoms with Crippen LogP contribution in [-0.4, -0.2) is 54.8 Å². The highest BCUT2D eigenvalue weighted by Crippen LogP contribution is 2.28. The number of carbonyl (C=O) groups excluding carboxylic acids is 1. The Bertz CT molecular complexity index is 549. The van der Waals surface area contributed by atoms with Gasteiger partial charge in [0.25, 0.3) is 5.91 Å². The molecule has 1 saturated heterocycles. The maximum atomic E-state index is 12.5. The molecule has 0 aliphatic carbocycles. The third-order valence-corrected chi connectivity index (χ3v) is 3.45. The van der Waals surface area contributed by atoms with E-state index in [1.165, 1.54) is 6.07 Å². The van der Waals surface area contributed by atoms with Gasteiger partial charge >= 0.3 is 5.97 Å². The number of ether oxygens (including phenoxy) is 2. The quantitative estimate of drug-likeness (QED) is 0.911. The lowest BCUT2D eigenvalue weighted by Crippen LogP contribution is -2.41. The number of benzene rings is 1. The van der Waals surface area contributed by atoms with Crippen molar-refractivity contribution in [2.75, 3.05) is 32.9 Å². The summed E-state index contributed by atoms with van der Waals surface area (Å²) >= 11 is 0. The first-order valence-electron chi connectivity index (χ1n) is 6.93. The summed E-state index contributed by atoms with van der Waals surface area (Å²) < 4.78 is 10.7. The Labute approximate surface area is 123 Å². The molecule has 0 spiro atoms. The van der Waals surface area contributed by atoms with Crippen molar-refractivity contribution in [1.29, 1.82) is 0 Å². The van der Waals surface area contributed by atoms with Crippen molar-refractivity contribution in [3.8, 4) is 5.75 Å². The number of morpholine rings is 1. The van der Waals surface area contributed by atoms with Crippen LogP contribution in [0.3, 0.4) is 0 Å². The molecule has 1 heterocycles. The van der Waals surface area contributed by atoms with E-state index in [2.05, 4.69) is 0 Å². The second kappa shape index (κ2) is 6.58. The van der Waals surface area contributed by atoms with Crippen LogP contribution >= 0.6 is 0 Å². The minimum atomic E-state index is -1.06. The Morgan fingerprint density at radius 1 is 1.29 bits per heavy atom. The van der Waals surface area contributed by atoms with Crippen LogP contribution in [0.1, 0.15) is 33.2 Å². The van der Waals surface area contributed by atoms with Gasteiger partial charge in [0.05, 0.1) is 19.8 Å². The highest BCUT2D eigenvalue weighted by atomic mass is 16.5. The van der Waals surface area contributed by atoms with E-state index in [4.69, 9.17) is 9.47 Å². The van der Waals surface area contributed by atoms with E-state index in [9.17, 15) is 14.7 Å². The summed E-state index contributed by atoms with van der Waals surface area (Å²) in [5.74, 6) is -0.912. The third kappa shape index (κ3) is 3.16. The Kier molecular flexibility index (Phi) is 4.80. The molecule has 21 heavy (non-hydrogen) atoms. The van der Waals surface area contributed by atoms with Crippen molar-refractivity contribution in [3.05, 3.63) is 28.8 Å². The largest absolute Gasteiger partial charge is 0.493 e. The van der Waals surface area contributed by atoms with E-state index in [1.807, 2.05) is 0 Å². The van der Waals surface area contributed by atoms with Gasteiger partial charge in [-0.05, 0) is 26.0 Å². The summed E-state index contributed by atoms with van der Waals surface area (Å²) in [5.41, 5.74) is 1.12. The number of amides is 1. The lowest BCUT2D eigenvalue weighted by molar-refractivity contribution is 0.0302. The zero-order valence-corrected chi connectivity index (χ0v) is 12.2. The normalized spacial score (nSPS) is 14.9. The molecule has 2 rings (SSSR count). The van der Waals surface area contributed by atoms with Gasteiger partial charge in [-0.15, -0.1) is 0 Å². The second-order valence-corrected chi connectivity index (χ2v) is 4.76. The number of aromatic carboxylic acids is 1. The van der Waals surface area contributed by atoms with E-state index in [0.29, 0.717) is 44.0 Å². The van der Waals surface area contributed by atoms with E-state index < -0.39 is 5.97 Å². The van der Waals surface area contributed by atoms with Crippen LogP contribution in [0.2, 0.25) is 0 Å². The fraction of sp³-hybridized carbons (Fsp3) is 0.467. The van der Waals surface area contributed by atoms with Gasteiger partial charge in [-0.1, -0.05) is 0 Å².